The molecule has 0 spiro atoms. The first-order valence-electron chi connectivity index (χ1n) is 43.4. The Bertz CT molecular complexity index is 5710. The molecule has 2 aromatic heterocycles. The van der Waals surface area contributed by atoms with E-state index in [1.54, 1.807) is 82.9 Å². The third kappa shape index (κ3) is 33.4. The average molecular weight is 1920 g/mol. The molecule has 0 saturated carbocycles. The molecule has 0 amide bonds. The van der Waals surface area contributed by atoms with E-state index in [0.29, 0.717) is 127 Å². The first kappa shape index (κ1) is 104. The Hall–Kier alpha value is -12.3. The number of Topliss-reactive ketones (excluding diaryl/α,β-unsaturated/α-hetero) is 1. The van der Waals surface area contributed by atoms with Gasteiger partial charge in [-0.2, -0.15) is 9.97 Å². The number of aromatic nitrogens is 4. The van der Waals surface area contributed by atoms with Crippen LogP contribution in [0.1, 0.15) is 130 Å². The van der Waals surface area contributed by atoms with Crippen molar-refractivity contribution in [1.29, 1.82) is 0 Å². The number of esters is 2. The standard InChI is InChI=1S/C27H32ClN5O4S.C24H29ClN6O3S.C18H26N2O5.C18H28N2O3.C7H6FNO3/c1-18(34)14-19-10-12-33(13-11-19)21-8-9-24(25(15-21)37-2)31-27-29-16-22(28)26(32-27)30-23-7-5-4-6-20(23)17-38(3,35)36;1-34-22-13-18(31-11-9-17(26)10-12-31)7-8-21(22)29-24-27-14-19(25)23(30-24)28-20-6-4-3-5-16(20)15-35(2,32)33;1-18(2,3)25-17(21)11-13-7-9-19(10-8-13)14-5-6-15(20(22)23)16(12-14)24-4;1-18(2,3)23-17(21)11-13-7-9-20(10-8-13)14-5-6-15(19)16(12-14)22-4;1-12-7-4-5(8)2-3-6(7)9(10)11/h4-9,15-16,19H,10-14,17H2,1-3H3,(H2,29,30,31,32);3-8,13-14,17H,9-12,15,26H2,1-2H3,(H2,27,28,29,30);5-6,12-13H,7-11H2,1-4H3;5-6,12-13H,7-11,19H2,1-4H3;2-4H,1H3. The number of nitro groups is 2. The number of rotatable bonds is 29. The minimum atomic E-state index is -3.23. The average Bonchev–Trinajstić information content (AvgIpc) is 0.820. The maximum Gasteiger partial charge on any atom is 0.311 e. The SMILES string of the molecule is COc1cc(F)ccc1[N+](=O)[O-].COc1cc(N2CCC(CC(=O)OC(C)(C)C)CC2)ccc1N.COc1cc(N2CCC(CC(=O)OC(C)(C)C)CC2)ccc1[N+](=O)[O-].COc1cc(N2CCC(CC(C)=O)CC2)ccc1Nc1ncc(Cl)c(Nc2ccccc2CS(C)(=O)=O)n1.COc1cc(N2CCC(N)CC2)ccc1Nc1ncc(Cl)c(Nc2ccccc2CS(C)(=O)=O)n1. The van der Waals surface area contributed by atoms with E-state index >= 15 is 0 Å². The van der Waals surface area contributed by atoms with Crippen molar-refractivity contribution in [3.05, 3.63) is 199 Å². The van der Waals surface area contributed by atoms with Crippen molar-refractivity contribution in [2.24, 2.45) is 23.5 Å². The van der Waals surface area contributed by atoms with Gasteiger partial charge in [-0.1, -0.05) is 59.6 Å². The molecule has 7 aromatic carbocycles. The second kappa shape index (κ2) is 48.4. The van der Waals surface area contributed by atoms with Crippen LogP contribution in [0.2, 0.25) is 10.0 Å². The van der Waals surface area contributed by atoms with Crippen LogP contribution in [0.3, 0.4) is 0 Å². The number of nitro benzene ring substituents is 2. The number of nitrogen functional groups attached to an aromatic ring is 1. The van der Waals surface area contributed by atoms with Crippen LogP contribution in [-0.2, 0) is 55.0 Å². The van der Waals surface area contributed by atoms with Crippen molar-refractivity contribution < 1.29 is 78.6 Å². The van der Waals surface area contributed by atoms with Crippen LogP contribution in [0.4, 0.5) is 90.5 Å². The Kier molecular flexibility index (Phi) is 38.0. The van der Waals surface area contributed by atoms with Gasteiger partial charge in [-0.25, -0.2) is 31.2 Å². The number of methoxy groups -OCH3 is 5. The van der Waals surface area contributed by atoms with Crippen molar-refractivity contribution >= 4 is 147 Å². The summed E-state index contributed by atoms with van der Waals surface area (Å²) >= 11 is 12.7. The molecule has 0 bridgehead atoms. The molecule has 8 N–H and O–H groups in total. The van der Waals surface area contributed by atoms with Crippen LogP contribution >= 0.6 is 23.2 Å². The smallest absolute Gasteiger partial charge is 0.311 e. The van der Waals surface area contributed by atoms with Gasteiger partial charge in [-0.3, -0.25) is 29.8 Å². The molecule has 0 unspecified atom stereocenters. The van der Waals surface area contributed by atoms with E-state index in [9.17, 15) is 55.8 Å². The monoisotopic (exact) mass is 1910 g/mol. The number of anilines is 13. The molecule has 34 nitrogen and oxygen atoms in total. The van der Waals surface area contributed by atoms with E-state index in [4.69, 9.17) is 63.1 Å². The van der Waals surface area contributed by atoms with Crippen molar-refractivity contribution in [3.63, 3.8) is 0 Å². The highest BCUT2D eigenvalue weighted by molar-refractivity contribution is 7.90. The van der Waals surface area contributed by atoms with Gasteiger partial charge in [0.15, 0.2) is 42.8 Å². The summed E-state index contributed by atoms with van der Waals surface area (Å²) in [5.74, 6) is 3.91. The van der Waals surface area contributed by atoms with Crippen LogP contribution in [0.25, 0.3) is 0 Å². The molecule has 39 heteroatoms. The minimum absolute atomic E-state index is 0.0361. The molecular formula is C94H121Cl2FN16O18S2. The molecule has 13 rings (SSSR count). The lowest BCUT2D eigenvalue weighted by Gasteiger charge is -2.34. The maximum absolute atomic E-state index is 12.5. The predicted molar refractivity (Wildman–Crippen MR) is 520 cm³/mol. The number of hydrogen-bond donors (Lipinski definition) is 6. The van der Waals surface area contributed by atoms with Gasteiger partial charge in [0, 0.05) is 167 Å². The summed E-state index contributed by atoms with van der Waals surface area (Å²) in [5.41, 5.74) is 19.4. The number of benzene rings is 7. The zero-order valence-electron chi connectivity index (χ0n) is 77.5. The molecule has 0 radical (unpaired) electrons. The van der Waals surface area contributed by atoms with E-state index in [2.05, 4.69) is 65.5 Å². The number of ketones is 1. The van der Waals surface area contributed by atoms with Gasteiger partial charge in [-0.05, 0) is 189 Å². The number of nitrogens with zero attached hydrogens (tertiary/aromatic N) is 10. The summed E-state index contributed by atoms with van der Waals surface area (Å²) in [6, 6.07) is 40.2. The highest BCUT2D eigenvalue weighted by Crippen LogP contribution is 2.40. The summed E-state index contributed by atoms with van der Waals surface area (Å²) in [7, 11) is 1.09. The minimum Gasteiger partial charge on any atom is -0.495 e. The Labute approximate surface area is 786 Å². The van der Waals surface area contributed by atoms with Gasteiger partial charge in [0.1, 0.15) is 50.1 Å². The van der Waals surface area contributed by atoms with Crippen LogP contribution in [0.5, 0.6) is 28.7 Å². The summed E-state index contributed by atoms with van der Waals surface area (Å²) in [6.07, 6.45) is 14.6. The number of para-hydroxylation sites is 2. The van der Waals surface area contributed by atoms with E-state index < -0.39 is 46.5 Å². The van der Waals surface area contributed by atoms with Gasteiger partial charge < -0.3 is 90.3 Å². The summed E-state index contributed by atoms with van der Waals surface area (Å²) in [4.78, 5) is 82.2. The number of carbonyl (C=O) groups excluding carboxylic acids is 3. The zero-order valence-corrected chi connectivity index (χ0v) is 80.7. The first-order valence-corrected chi connectivity index (χ1v) is 48.3. The van der Waals surface area contributed by atoms with E-state index in [0.717, 1.165) is 145 Å². The van der Waals surface area contributed by atoms with Crippen molar-refractivity contribution in [1.82, 2.24) is 19.9 Å². The van der Waals surface area contributed by atoms with E-state index in [1.807, 2.05) is 102 Å². The van der Waals surface area contributed by atoms with Crippen LogP contribution in [0, 0.1) is 43.8 Å². The van der Waals surface area contributed by atoms with Gasteiger partial charge in [-0.15, -0.1) is 0 Å². The quantitative estimate of drug-likeness (QED) is 0.0110. The molecule has 133 heavy (non-hydrogen) atoms. The lowest BCUT2D eigenvalue weighted by molar-refractivity contribution is -0.385. The Morgan fingerprint density at radius 1 is 0.466 bits per heavy atom. The molecule has 0 aliphatic carbocycles. The second-order valence-electron chi connectivity index (χ2n) is 34.7. The van der Waals surface area contributed by atoms with Crippen molar-refractivity contribution in [2.75, 3.05) is 147 Å². The number of halogens is 3. The van der Waals surface area contributed by atoms with Crippen molar-refractivity contribution in [3.8, 4) is 28.7 Å². The van der Waals surface area contributed by atoms with Gasteiger partial charge >= 0.3 is 23.3 Å². The highest BCUT2D eigenvalue weighted by Gasteiger charge is 2.30. The molecule has 4 aliphatic rings. The van der Waals surface area contributed by atoms with E-state index in [1.165, 1.54) is 45.2 Å². The molecule has 718 valence electrons. The second-order valence-corrected chi connectivity index (χ2v) is 39.8. The van der Waals surface area contributed by atoms with Crippen LogP contribution < -0.4 is 76.0 Å². The molecule has 4 aliphatic heterocycles. The topological polar surface area (TPSA) is 435 Å². The number of nitrogens with two attached hydrogens (primary N) is 2. The summed E-state index contributed by atoms with van der Waals surface area (Å²) in [5, 5.41) is 34.5. The third-order valence-corrected chi connectivity index (χ3v) is 24.0. The van der Waals surface area contributed by atoms with Gasteiger partial charge in [0.25, 0.3) is 0 Å². The van der Waals surface area contributed by atoms with Crippen LogP contribution in [0.15, 0.2) is 152 Å². The predicted octanol–water partition coefficient (Wildman–Crippen LogP) is 18.0. The number of ether oxygens (including phenoxy) is 7. The number of carbonyl (C=O) groups is 3. The summed E-state index contributed by atoms with van der Waals surface area (Å²) < 4.78 is 96.9. The fourth-order valence-corrected chi connectivity index (χ4v) is 17.2. The zero-order chi connectivity index (χ0) is 97.1. The van der Waals surface area contributed by atoms with E-state index in [-0.39, 0.29) is 58.1 Å². The third-order valence-electron chi connectivity index (χ3n) is 21.8. The Morgan fingerprint density at radius 3 is 1.16 bits per heavy atom. The van der Waals surface area contributed by atoms with Gasteiger partial charge in [0.05, 0.1) is 86.4 Å². The number of piperidine rings is 4. The normalized spacial score (nSPS) is 14.5. The maximum atomic E-state index is 12.5. The molecule has 0 atom stereocenters. The lowest BCUT2D eigenvalue weighted by atomic mass is 9.92. The highest BCUT2D eigenvalue weighted by atomic mass is 35.5. The first-order chi connectivity index (χ1) is 62.9. The molecule has 4 saturated heterocycles. The van der Waals surface area contributed by atoms with Crippen molar-refractivity contribution in [2.45, 2.75) is 148 Å². The summed E-state index contributed by atoms with van der Waals surface area (Å²) in [6.45, 7) is 20.1. The number of nitrogens with one attached hydrogen (secondary N) is 4. The molecule has 4 fully saturated rings. The molecule has 9 aromatic rings. The molecule has 6 heterocycles. The van der Waals surface area contributed by atoms with Crippen LogP contribution in [-0.4, -0.2) is 182 Å². The fraction of sp³-hybridized carbons (Fsp3) is 0.436. The molecular weight excluding hydrogens is 1800 g/mol. The number of hydrogen-bond acceptors (Lipinski definition) is 32. The fourth-order valence-electron chi connectivity index (χ4n) is 15.3. The number of sulfone groups is 2. The lowest BCUT2D eigenvalue weighted by Crippen LogP contribution is -2.39. The Balaban J connectivity index is 0.000000194. The van der Waals surface area contributed by atoms with Gasteiger partial charge in [0.2, 0.25) is 11.9 Å². The largest absolute Gasteiger partial charge is 0.495 e. The Morgan fingerprint density at radius 2 is 0.797 bits per heavy atom.